The number of anilines is 1. The van der Waals surface area contributed by atoms with Crippen LogP contribution in [0.2, 0.25) is 0 Å². The van der Waals surface area contributed by atoms with Crippen LogP contribution in [0.3, 0.4) is 0 Å². The molecule has 0 spiro atoms. The highest BCUT2D eigenvalue weighted by Crippen LogP contribution is 2.22. The van der Waals surface area contributed by atoms with Crippen LogP contribution in [-0.4, -0.2) is 16.2 Å². The Morgan fingerprint density at radius 2 is 2.03 bits per heavy atom. The van der Waals surface area contributed by atoms with E-state index in [-0.39, 0.29) is 5.82 Å². The van der Waals surface area contributed by atoms with Gasteiger partial charge in [-0.2, -0.15) is 5.10 Å². The summed E-state index contributed by atoms with van der Waals surface area (Å²) < 4.78 is 13.4. The summed E-state index contributed by atoms with van der Waals surface area (Å²) in [5, 5.41) is 6.74. The molecule has 0 aliphatic heterocycles. The Kier molecular flexibility index (Phi) is 7.06. The van der Waals surface area contributed by atoms with Crippen molar-refractivity contribution in [2.45, 2.75) is 13.3 Å². The summed E-state index contributed by atoms with van der Waals surface area (Å²) in [5.74, 6) is 4.88. The van der Waals surface area contributed by atoms with E-state index in [1.165, 1.54) is 18.3 Å². The van der Waals surface area contributed by atoms with Gasteiger partial charge in [0.2, 0.25) is 0 Å². The van der Waals surface area contributed by atoms with Crippen LogP contribution in [0, 0.1) is 12.7 Å². The highest BCUT2D eigenvalue weighted by molar-refractivity contribution is 5.87. The fourth-order valence-electron chi connectivity index (χ4n) is 3.18. The van der Waals surface area contributed by atoms with E-state index >= 15 is 0 Å². The first-order valence-electron chi connectivity index (χ1n) is 9.69. The number of nitrogens with one attached hydrogen (secondary N) is 1. The third kappa shape index (κ3) is 5.73. The number of aromatic nitrogens is 2. The molecule has 0 bridgehead atoms. The van der Waals surface area contributed by atoms with E-state index in [0.29, 0.717) is 12.1 Å². The molecular formula is C25H24FN5. The molecule has 0 fully saturated rings. The number of hydrazone groups is 1. The molecule has 0 radical (unpaired) electrons. The first kappa shape index (κ1) is 21.6. The molecular weight excluding hydrogens is 389 g/mol. The van der Waals surface area contributed by atoms with Gasteiger partial charge in [0, 0.05) is 35.7 Å². The number of allylic oxidation sites excluding steroid dienone is 4. The Hall–Kier alpha value is -4.06. The quantitative estimate of drug-likeness (QED) is 0.228. The van der Waals surface area contributed by atoms with E-state index in [1.54, 1.807) is 24.4 Å². The lowest BCUT2D eigenvalue weighted by Crippen LogP contribution is -2.03. The molecule has 6 heteroatoms. The minimum absolute atomic E-state index is 0.284. The van der Waals surface area contributed by atoms with Gasteiger partial charge in [0.25, 0.3) is 0 Å². The molecule has 2 aromatic heterocycles. The normalized spacial score (nSPS) is 11.5. The summed E-state index contributed by atoms with van der Waals surface area (Å²) in [6.45, 7) is 9.92. The second-order valence-corrected chi connectivity index (χ2v) is 6.98. The lowest BCUT2D eigenvalue weighted by atomic mass is 10.0. The minimum Gasteiger partial charge on any atom is -0.358 e. The largest absolute Gasteiger partial charge is 0.358 e. The Bertz CT molecular complexity index is 1150. The van der Waals surface area contributed by atoms with Crippen molar-refractivity contribution < 1.29 is 4.39 Å². The molecule has 3 rings (SSSR count). The van der Waals surface area contributed by atoms with Crippen molar-refractivity contribution in [3.05, 3.63) is 109 Å². The number of benzene rings is 1. The zero-order chi connectivity index (χ0) is 22.2. The molecule has 0 aliphatic carbocycles. The average Bonchev–Trinajstić information content (AvgIpc) is 2.76. The predicted octanol–water partition coefficient (Wildman–Crippen LogP) is 5.27. The lowest BCUT2D eigenvalue weighted by molar-refractivity contribution is 0.628. The maximum Gasteiger partial charge on any atom is 0.123 e. The van der Waals surface area contributed by atoms with Gasteiger partial charge in [0.15, 0.2) is 0 Å². The van der Waals surface area contributed by atoms with E-state index in [9.17, 15) is 4.39 Å². The molecule has 1 aromatic carbocycles. The van der Waals surface area contributed by atoms with Crippen molar-refractivity contribution in [3.63, 3.8) is 0 Å². The van der Waals surface area contributed by atoms with Gasteiger partial charge in [-0.15, -0.1) is 0 Å². The molecule has 0 unspecified atom stereocenters. The van der Waals surface area contributed by atoms with Crippen LogP contribution in [0.1, 0.15) is 16.8 Å². The topological polar surface area (TPSA) is 76.2 Å². The van der Waals surface area contributed by atoms with Crippen LogP contribution in [0.15, 0.2) is 91.0 Å². The van der Waals surface area contributed by atoms with Gasteiger partial charge >= 0.3 is 0 Å². The Morgan fingerprint density at radius 1 is 1.19 bits per heavy atom. The summed E-state index contributed by atoms with van der Waals surface area (Å²) in [5.41, 5.74) is 6.78. The highest BCUT2D eigenvalue weighted by Gasteiger charge is 2.07. The summed E-state index contributed by atoms with van der Waals surface area (Å²) in [7, 11) is 0. The van der Waals surface area contributed by atoms with Crippen LogP contribution < -0.4 is 11.2 Å². The average molecular weight is 414 g/mol. The molecule has 0 saturated heterocycles. The van der Waals surface area contributed by atoms with Crippen molar-refractivity contribution in [2.24, 2.45) is 10.9 Å². The van der Waals surface area contributed by atoms with Gasteiger partial charge in [-0.3, -0.25) is 9.97 Å². The predicted molar refractivity (Wildman–Crippen MR) is 126 cm³/mol. The highest BCUT2D eigenvalue weighted by atomic mass is 19.1. The van der Waals surface area contributed by atoms with Crippen molar-refractivity contribution in [1.82, 2.24) is 9.97 Å². The van der Waals surface area contributed by atoms with Crippen LogP contribution in [0.4, 0.5) is 10.1 Å². The van der Waals surface area contributed by atoms with Gasteiger partial charge in [0.1, 0.15) is 5.82 Å². The number of halogens is 1. The van der Waals surface area contributed by atoms with Crippen molar-refractivity contribution in [2.75, 3.05) is 5.32 Å². The first-order chi connectivity index (χ1) is 15.0. The van der Waals surface area contributed by atoms with Gasteiger partial charge in [-0.25, -0.2) is 4.39 Å². The molecule has 156 valence electrons. The third-order valence-corrected chi connectivity index (χ3v) is 4.59. The first-order valence-corrected chi connectivity index (χ1v) is 9.69. The lowest BCUT2D eigenvalue weighted by Gasteiger charge is -2.12. The number of nitrogens with zero attached hydrogens (tertiary/aromatic N) is 3. The van der Waals surface area contributed by atoms with Gasteiger partial charge in [-0.05, 0) is 48.4 Å². The molecule has 0 atom stereocenters. The number of pyridine rings is 2. The Labute approximate surface area is 181 Å². The second-order valence-electron chi connectivity index (χ2n) is 6.98. The van der Waals surface area contributed by atoms with E-state index in [2.05, 4.69) is 39.6 Å². The van der Waals surface area contributed by atoms with Crippen molar-refractivity contribution in [1.29, 1.82) is 0 Å². The zero-order valence-corrected chi connectivity index (χ0v) is 17.3. The number of rotatable bonds is 8. The van der Waals surface area contributed by atoms with Gasteiger partial charge in [0.05, 0.1) is 23.3 Å². The smallest absolute Gasteiger partial charge is 0.123 e. The summed E-state index contributed by atoms with van der Waals surface area (Å²) in [6, 6.07) is 12.2. The summed E-state index contributed by atoms with van der Waals surface area (Å²) in [6.07, 6.45) is 9.12. The minimum atomic E-state index is -0.284. The number of aryl methyl sites for hydroxylation is 1. The van der Waals surface area contributed by atoms with Crippen molar-refractivity contribution in [3.8, 4) is 11.3 Å². The third-order valence-electron chi connectivity index (χ3n) is 4.59. The maximum absolute atomic E-state index is 13.4. The molecule has 5 nitrogen and oxygen atoms in total. The monoisotopic (exact) mass is 413 g/mol. The molecule has 0 aliphatic rings. The molecule has 2 heterocycles. The van der Waals surface area contributed by atoms with Gasteiger partial charge < -0.3 is 11.2 Å². The van der Waals surface area contributed by atoms with Crippen LogP contribution in [0.25, 0.3) is 16.8 Å². The van der Waals surface area contributed by atoms with Crippen LogP contribution >= 0.6 is 0 Å². The number of hydrogen-bond donors (Lipinski definition) is 2. The fourth-order valence-corrected chi connectivity index (χ4v) is 3.18. The van der Waals surface area contributed by atoms with E-state index in [4.69, 9.17) is 5.84 Å². The fraction of sp³-hybridized carbons (Fsp3) is 0.0800. The Balaban J connectivity index is 1.67. The van der Waals surface area contributed by atoms with E-state index in [1.807, 2.05) is 31.3 Å². The molecule has 0 saturated carbocycles. The maximum atomic E-state index is 13.4. The number of hydrogen-bond acceptors (Lipinski definition) is 5. The second kappa shape index (κ2) is 10.1. The van der Waals surface area contributed by atoms with Crippen molar-refractivity contribution >= 4 is 17.5 Å². The molecule has 31 heavy (non-hydrogen) atoms. The Morgan fingerprint density at radius 3 is 2.68 bits per heavy atom. The van der Waals surface area contributed by atoms with Crippen LogP contribution in [-0.2, 0) is 6.42 Å². The molecule has 3 N–H and O–H groups in total. The summed E-state index contributed by atoms with van der Waals surface area (Å²) >= 11 is 0. The van der Waals surface area contributed by atoms with Crippen LogP contribution in [0.5, 0.6) is 0 Å². The van der Waals surface area contributed by atoms with E-state index < -0.39 is 0 Å². The summed E-state index contributed by atoms with van der Waals surface area (Å²) in [4.78, 5) is 8.97. The van der Waals surface area contributed by atoms with Gasteiger partial charge in [-0.1, -0.05) is 37.4 Å². The zero-order valence-electron chi connectivity index (χ0n) is 17.3. The number of nitrogens with two attached hydrogens (primary N) is 1. The standard InChI is InChI=1S/C25H24FN5/c1-4-20(10-11-30-27)25-17(2)12-19(15-29-25)13-18(3)31-23-8-9-24(28-16-23)21-6-5-7-22(26)14-21/h4-12,14-16,31H,1,3,13,27H2,2H3/b20-10+,30-11-. The SMILES string of the molecule is C=C/C(=C\C=N/N)c1ncc(CC(=C)Nc2ccc(-c3cccc(F)c3)nc2)cc1C. The molecule has 3 aromatic rings. The molecule has 0 amide bonds. The van der Waals surface area contributed by atoms with E-state index in [0.717, 1.165) is 39.3 Å².